The van der Waals surface area contributed by atoms with Gasteiger partial charge in [0.05, 0.1) is 10.8 Å². The van der Waals surface area contributed by atoms with E-state index in [2.05, 4.69) is 21.0 Å². The lowest BCUT2D eigenvalue weighted by molar-refractivity contribution is 0.425. The van der Waals surface area contributed by atoms with Crippen LogP contribution in [0, 0.1) is 5.41 Å². The standard InChI is InChI=1S/C13H13BrN2O2/c14-7-13(5-6-13)8-16-12(18)10-4-2-1-3-9(10)11(17)15-16/h1-4H,5-8H2,(H,15,17). The molecule has 1 aliphatic carbocycles. The Balaban J connectivity index is 2.17. The van der Waals surface area contributed by atoms with E-state index in [9.17, 15) is 9.59 Å². The summed E-state index contributed by atoms with van der Waals surface area (Å²) < 4.78 is 1.46. The molecular formula is C13H13BrN2O2. The highest BCUT2D eigenvalue weighted by molar-refractivity contribution is 9.09. The molecule has 94 valence electrons. The molecule has 1 aromatic heterocycles. The predicted molar refractivity (Wildman–Crippen MR) is 74.3 cm³/mol. The van der Waals surface area contributed by atoms with Crippen molar-refractivity contribution in [1.29, 1.82) is 0 Å². The quantitative estimate of drug-likeness (QED) is 0.880. The number of hydrogen-bond donors (Lipinski definition) is 1. The Morgan fingerprint density at radius 3 is 2.50 bits per heavy atom. The summed E-state index contributed by atoms with van der Waals surface area (Å²) in [6, 6.07) is 6.93. The summed E-state index contributed by atoms with van der Waals surface area (Å²) in [4.78, 5) is 24.2. The third-order valence-corrected chi connectivity index (χ3v) is 4.81. The number of aromatic amines is 1. The number of halogens is 1. The number of nitrogens with zero attached hydrogens (tertiary/aromatic N) is 1. The van der Waals surface area contributed by atoms with Gasteiger partial charge >= 0.3 is 0 Å². The summed E-state index contributed by atoms with van der Waals surface area (Å²) >= 11 is 3.48. The Morgan fingerprint density at radius 1 is 1.22 bits per heavy atom. The van der Waals surface area contributed by atoms with E-state index >= 15 is 0 Å². The number of alkyl halides is 1. The lowest BCUT2D eigenvalue weighted by atomic mass is 10.1. The summed E-state index contributed by atoms with van der Waals surface area (Å²) in [6.07, 6.45) is 2.19. The van der Waals surface area contributed by atoms with Crippen molar-refractivity contribution >= 4 is 26.7 Å². The fraction of sp³-hybridized carbons (Fsp3) is 0.385. The number of H-pyrrole nitrogens is 1. The SMILES string of the molecule is O=c1[nH]n(CC2(CBr)CC2)c(=O)c2ccccc12. The van der Waals surface area contributed by atoms with Gasteiger partial charge in [0, 0.05) is 11.9 Å². The molecule has 0 atom stereocenters. The van der Waals surface area contributed by atoms with Crippen LogP contribution in [0.1, 0.15) is 12.8 Å². The van der Waals surface area contributed by atoms with E-state index in [1.807, 2.05) is 0 Å². The highest BCUT2D eigenvalue weighted by Crippen LogP contribution is 2.48. The Bertz CT molecular complexity index is 713. The van der Waals surface area contributed by atoms with Crippen LogP contribution in [0.15, 0.2) is 33.9 Å². The van der Waals surface area contributed by atoms with Crippen molar-refractivity contribution in [3.8, 4) is 0 Å². The first-order valence-electron chi connectivity index (χ1n) is 5.93. The molecule has 4 nitrogen and oxygen atoms in total. The molecule has 5 heteroatoms. The Kier molecular flexibility index (Phi) is 2.66. The fourth-order valence-electron chi connectivity index (χ4n) is 2.20. The zero-order valence-electron chi connectivity index (χ0n) is 9.78. The van der Waals surface area contributed by atoms with Crippen LogP contribution in [0.25, 0.3) is 10.8 Å². The first-order valence-corrected chi connectivity index (χ1v) is 7.05. The molecule has 0 radical (unpaired) electrons. The minimum Gasteiger partial charge on any atom is -0.267 e. The molecule has 1 aromatic carbocycles. The normalized spacial score (nSPS) is 16.9. The van der Waals surface area contributed by atoms with Crippen LogP contribution < -0.4 is 11.1 Å². The fourth-order valence-corrected chi connectivity index (χ4v) is 2.94. The van der Waals surface area contributed by atoms with Gasteiger partial charge in [-0.25, -0.2) is 4.68 Å². The molecule has 0 unspecified atom stereocenters. The van der Waals surface area contributed by atoms with E-state index < -0.39 is 0 Å². The Labute approximate surface area is 112 Å². The van der Waals surface area contributed by atoms with Crippen LogP contribution in [0.4, 0.5) is 0 Å². The van der Waals surface area contributed by atoms with Crippen molar-refractivity contribution in [1.82, 2.24) is 9.78 Å². The van der Waals surface area contributed by atoms with Gasteiger partial charge < -0.3 is 0 Å². The Hall–Kier alpha value is -1.36. The number of fused-ring (bicyclic) bond motifs is 1. The summed E-state index contributed by atoms with van der Waals surface area (Å²) in [5.41, 5.74) is -0.164. The first kappa shape index (κ1) is 11.7. The number of aromatic nitrogens is 2. The number of hydrogen-bond acceptors (Lipinski definition) is 2. The van der Waals surface area contributed by atoms with Crippen molar-refractivity contribution < 1.29 is 0 Å². The van der Waals surface area contributed by atoms with E-state index in [1.165, 1.54) is 4.68 Å². The van der Waals surface area contributed by atoms with E-state index in [-0.39, 0.29) is 16.5 Å². The van der Waals surface area contributed by atoms with Gasteiger partial charge in [0.2, 0.25) is 0 Å². The largest absolute Gasteiger partial charge is 0.273 e. The number of benzene rings is 1. The molecule has 3 rings (SSSR count). The van der Waals surface area contributed by atoms with Gasteiger partial charge in [0.1, 0.15) is 0 Å². The van der Waals surface area contributed by atoms with Crippen molar-refractivity contribution in [2.45, 2.75) is 19.4 Å². The molecule has 0 aliphatic heterocycles. The van der Waals surface area contributed by atoms with Gasteiger partial charge in [-0.2, -0.15) is 0 Å². The molecule has 18 heavy (non-hydrogen) atoms. The van der Waals surface area contributed by atoms with Gasteiger partial charge in [-0.05, 0) is 30.4 Å². The molecule has 1 fully saturated rings. The highest BCUT2D eigenvalue weighted by atomic mass is 79.9. The summed E-state index contributed by atoms with van der Waals surface area (Å²) in [5.74, 6) is 0. The third-order valence-electron chi connectivity index (χ3n) is 3.62. The summed E-state index contributed by atoms with van der Waals surface area (Å²) in [5, 5.41) is 4.49. The molecule has 0 spiro atoms. The minimum absolute atomic E-state index is 0.113. The van der Waals surface area contributed by atoms with Gasteiger partial charge in [0.25, 0.3) is 11.1 Å². The second kappa shape index (κ2) is 4.09. The van der Waals surface area contributed by atoms with Crippen LogP contribution in [-0.4, -0.2) is 15.1 Å². The van der Waals surface area contributed by atoms with Gasteiger partial charge in [-0.15, -0.1) is 0 Å². The third kappa shape index (κ3) is 1.82. The van der Waals surface area contributed by atoms with Gasteiger partial charge in [0.15, 0.2) is 0 Å². The summed E-state index contributed by atoms with van der Waals surface area (Å²) in [6.45, 7) is 0.581. The second-order valence-corrected chi connectivity index (χ2v) is 5.57. The van der Waals surface area contributed by atoms with Crippen LogP contribution in [0.2, 0.25) is 0 Å². The first-order chi connectivity index (χ1) is 8.65. The van der Waals surface area contributed by atoms with Gasteiger partial charge in [-0.1, -0.05) is 28.1 Å². The summed E-state index contributed by atoms with van der Waals surface area (Å²) in [7, 11) is 0. The lowest BCUT2D eigenvalue weighted by Crippen LogP contribution is -2.33. The van der Waals surface area contributed by atoms with Crippen molar-refractivity contribution in [2.75, 3.05) is 5.33 Å². The van der Waals surface area contributed by atoms with Crippen molar-refractivity contribution in [2.24, 2.45) is 5.41 Å². The highest BCUT2D eigenvalue weighted by Gasteiger charge is 2.42. The lowest BCUT2D eigenvalue weighted by Gasteiger charge is -2.13. The monoisotopic (exact) mass is 308 g/mol. The maximum absolute atomic E-state index is 12.3. The molecule has 1 heterocycles. The molecule has 0 saturated heterocycles. The average Bonchev–Trinajstić information content (AvgIpc) is 3.16. The van der Waals surface area contributed by atoms with Crippen molar-refractivity contribution in [3.63, 3.8) is 0 Å². The molecular weight excluding hydrogens is 296 g/mol. The smallest absolute Gasteiger partial charge is 0.267 e. The van der Waals surface area contributed by atoms with Crippen LogP contribution in [-0.2, 0) is 6.54 Å². The maximum atomic E-state index is 12.3. The van der Waals surface area contributed by atoms with Gasteiger partial charge in [-0.3, -0.25) is 14.7 Å². The molecule has 1 N–H and O–H groups in total. The molecule has 1 aliphatic rings. The Morgan fingerprint density at radius 2 is 1.89 bits per heavy atom. The molecule has 1 saturated carbocycles. The van der Waals surface area contributed by atoms with Crippen LogP contribution in [0.3, 0.4) is 0 Å². The predicted octanol–water partition coefficient (Wildman–Crippen LogP) is 1.86. The van der Waals surface area contributed by atoms with Crippen molar-refractivity contribution in [3.05, 3.63) is 45.0 Å². The molecule has 0 bridgehead atoms. The maximum Gasteiger partial charge on any atom is 0.273 e. The zero-order chi connectivity index (χ0) is 12.8. The number of nitrogens with one attached hydrogen (secondary N) is 1. The molecule has 2 aromatic rings. The van der Waals surface area contributed by atoms with Crippen LogP contribution in [0.5, 0.6) is 0 Å². The molecule has 0 amide bonds. The van der Waals surface area contributed by atoms with Crippen LogP contribution >= 0.6 is 15.9 Å². The van der Waals surface area contributed by atoms with E-state index in [0.29, 0.717) is 17.3 Å². The topological polar surface area (TPSA) is 54.9 Å². The van der Waals surface area contributed by atoms with E-state index in [4.69, 9.17) is 0 Å². The second-order valence-electron chi connectivity index (χ2n) is 5.01. The number of rotatable bonds is 3. The van der Waals surface area contributed by atoms with E-state index in [1.54, 1.807) is 24.3 Å². The minimum atomic E-state index is -0.199. The van der Waals surface area contributed by atoms with E-state index in [0.717, 1.165) is 18.2 Å². The zero-order valence-corrected chi connectivity index (χ0v) is 11.4. The average molecular weight is 309 g/mol.